The molecule has 2 rings (SSSR count). The number of rotatable bonds is 4. The lowest BCUT2D eigenvalue weighted by atomic mass is 10.1. The number of benzene rings is 2. The van der Waals surface area contributed by atoms with Gasteiger partial charge in [0, 0.05) is 12.2 Å². The Morgan fingerprint density at radius 3 is 2.37 bits per heavy atom. The smallest absolute Gasteiger partial charge is 0.170 e. The van der Waals surface area contributed by atoms with E-state index in [2.05, 4.69) is 10.6 Å². The molecule has 0 saturated heterocycles. The molecular formula is C15H16N2OS. The molecule has 0 bridgehead atoms. The number of hydrogen-bond acceptors (Lipinski definition) is 2. The quantitative estimate of drug-likeness (QED) is 0.749. The van der Waals surface area contributed by atoms with Crippen LogP contribution in [0.2, 0.25) is 0 Å². The molecular weight excluding hydrogens is 256 g/mol. The van der Waals surface area contributed by atoms with Crippen molar-refractivity contribution in [2.45, 2.75) is 6.42 Å². The SMILES string of the molecule is Oc1ccc(CCNC(=S)Nc2ccccc2)cc1. The van der Waals surface area contributed by atoms with Gasteiger partial charge in [-0.25, -0.2) is 0 Å². The molecule has 3 nitrogen and oxygen atoms in total. The second kappa shape index (κ2) is 6.75. The summed E-state index contributed by atoms with van der Waals surface area (Å²) in [5.74, 6) is 0.290. The van der Waals surface area contributed by atoms with Crippen LogP contribution in [0.1, 0.15) is 5.56 Å². The van der Waals surface area contributed by atoms with E-state index in [4.69, 9.17) is 12.2 Å². The van der Waals surface area contributed by atoms with Crippen LogP contribution in [0.15, 0.2) is 54.6 Å². The lowest BCUT2D eigenvalue weighted by molar-refractivity contribution is 0.475. The lowest BCUT2D eigenvalue weighted by Gasteiger charge is -2.10. The summed E-state index contributed by atoms with van der Waals surface area (Å²) in [6.07, 6.45) is 0.858. The maximum Gasteiger partial charge on any atom is 0.170 e. The standard InChI is InChI=1S/C15H16N2OS/c18-14-8-6-12(7-9-14)10-11-16-15(19)17-13-4-2-1-3-5-13/h1-9,18H,10-11H2,(H2,16,17,19). The van der Waals surface area contributed by atoms with Gasteiger partial charge in [-0.2, -0.15) is 0 Å². The van der Waals surface area contributed by atoms with Crippen LogP contribution < -0.4 is 10.6 Å². The third-order valence-corrected chi connectivity index (χ3v) is 2.91. The van der Waals surface area contributed by atoms with Crippen LogP contribution in [0.4, 0.5) is 5.69 Å². The normalized spacial score (nSPS) is 9.89. The molecule has 0 fully saturated rings. The van der Waals surface area contributed by atoms with Crippen molar-refractivity contribution in [1.82, 2.24) is 5.32 Å². The van der Waals surface area contributed by atoms with Gasteiger partial charge in [0.1, 0.15) is 5.75 Å². The van der Waals surface area contributed by atoms with Crippen LogP contribution in [0.25, 0.3) is 0 Å². The minimum atomic E-state index is 0.290. The molecule has 0 unspecified atom stereocenters. The van der Waals surface area contributed by atoms with E-state index in [1.807, 2.05) is 42.5 Å². The fraction of sp³-hybridized carbons (Fsp3) is 0.133. The molecule has 98 valence electrons. The highest BCUT2D eigenvalue weighted by atomic mass is 32.1. The highest BCUT2D eigenvalue weighted by Gasteiger charge is 1.97. The molecule has 0 atom stereocenters. The first-order valence-corrected chi connectivity index (χ1v) is 6.53. The fourth-order valence-electron chi connectivity index (χ4n) is 1.68. The third kappa shape index (κ3) is 4.60. The van der Waals surface area contributed by atoms with Gasteiger partial charge < -0.3 is 15.7 Å². The first-order chi connectivity index (χ1) is 9.24. The number of aromatic hydroxyl groups is 1. The summed E-state index contributed by atoms with van der Waals surface area (Å²) in [4.78, 5) is 0. The van der Waals surface area contributed by atoms with Crippen LogP contribution in [-0.4, -0.2) is 16.8 Å². The molecule has 3 N–H and O–H groups in total. The summed E-state index contributed by atoms with van der Waals surface area (Å²) in [6.45, 7) is 0.753. The van der Waals surface area contributed by atoms with Gasteiger partial charge in [-0.3, -0.25) is 0 Å². The van der Waals surface area contributed by atoms with Gasteiger partial charge in [-0.05, 0) is 48.5 Å². The second-order valence-corrected chi connectivity index (χ2v) is 4.57. The number of phenols is 1. The molecule has 0 heterocycles. The van der Waals surface area contributed by atoms with Crippen LogP contribution in [0, 0.1) is 0 Å². The van der Waals surface area contributed by atoms with Gasteiger partial charge in [0.25, 0.3) is 0 Å². The first kappa shape index (κ1) is 13.4. The predicted octanol–water partition coefficient (Wildman–Crippen LogP) is 2.92. The monoisotopic (exact) mass is 272 g/mol. The summed E-state index contributed by atoms with van der Waals surface area (Å²) in [5.41, 5.74) is 2.14. The van der Waals surface area contributed by atoms with Gasteiger partial charge in [0.2, 0.25) is 0 Å². The Balaban J connectivity index is 1.74. The molecule has 0 radical (unpaired) electrons. The molecule has 0 aromatic heterocycles. The van der Waals surface area contributed by atoms with Gasteiger partial charge in [0.05, 0.1) is 0 Å². The van der Waals surface area contributed by atoms with Crippen molar-refractivity contribution in [3.8, 4) is 5.75 Å². The van der Waals surface area contributed by atoms with E-state index in [1.165, 1.54) is 0 Å². The van der Waals surface area contributed by atoms with Crippen LogP contribution >= 0.6 is 12.2 Å². The Morgan fingerprint density at radius 2 is 1.68 bits per heavy atom. The molecule has 4 heteroatoms. The van der Waals surface area contributed by atoms with Crippen molar-refractivity contribution in [3.05, 3.63) is 60.2 Å². The molecule has 2 aromatic rings. The summed E-state index contributed by atoms with van der Waals surface area (Å²) in [6, 6.07) is 17.0. The van der Waals surface area contributed by atoms with Crippen molar-refractivity contribution in [3.63, 3.8) is 0 Å². The van der Waals surface area contributed by atoms with E-state index in [0.29, 0.717) is 5.11 Å². The van der Waals surface area contributed by atoms with Gasteiger partial charge in [0.15, 0.2) is 5.11 Å². The zero-order valence-electron chi connectivity index (χ0n) is 10.5. The zero-order chi connectivity index (χ0) is 13.5. The van der Waals surface area contributed by atoms with E-state index in [1.54, 1.807) is 12.1 Å². The van der Waals surface area contributed by atoms with Crippen molar-refractivity contribution in [2.24, 2.45) is 0 Å². The Labute approximate surface area is 118 Å². The predicted molar refractivity (Wildman–Crippen MR) is 82.5 cm³/mol. The molecule has 0 aliphatic rings. The summed E-state index contributed by atoms with van der Waals surface area (Å²) >= 11 is 5.21. The van der Waals surface area contributed by atoms with Crippen molar-refractivity contribution in [2.75, 3.05) is 11.9 Å². The molecule has 0 saturated carbocycles. The average molecular weight is 272 g/mol. The Kier molecular flexibility index (Phi) is 4.75. The zero-order valence-corrected chi connectivity index (χ0v) is 11.3. The van der Waals surface area contributed by atoms with E-state index in [9.17, 15) is 5.11 Å². The largest absolute Gasteiger partial charge is 0.508 e. The van der Waals surface area contributed by atoms with Gasteiger partial charge in [-0.15, -0.1) is 0 Å². The Bertz CT molecular complexity index is 526. The average Bonchev–Trinajstić information content (AvgIpc) is 2.42. The molecule has 0 aliphatic carbocycles. The second-order valence-electron chi connectivity index (χ2n) is 4.16. The van der Waals surface area contributed by atoms with Crippen molar-refractivity contribution in [1.29, 1.82) is 0 Å². The summed E-state index contributed by atoms with van der Waals surface area (Å²) in [5, 5.41) is 16.1. The van der Waals surface area contributed by atoms with Crippen LogP contribution in [-0.2, 0) is 6.42 Å². The number of anilines is 1. The molecule has 0 amide bonds. The van der Waals surface area contributed by atoms with Crippen LogP contribution in [0.5, 0.6) is 5.75 Å². The minimum absolute atomic E-state index is 0.290. The third-order valence-electron chi connectivity index (χ3n) is 2.67. The summed E-state index contributed by atoms with van der Waals surface area (Å²) < 4.78 is 0. The highest BCUT2D eigenvalue weighted by Crippen LogP contribution is 2.09. The fourth-order valence-corrected chi connectivity index (χ4v) is 1.90. The number of hydrogen-bond donors (Lipinski definition) is 3. The van der Waals surface area contributed by atoms with E-state index in [0.717, 1.165) is 24.2 Å². The van der Waals surface area contributed by atoms with E-state index < -0.39 is 0 Å². The maximum atomic E-state index is 9.19. The van der Waals surface area contributed by atoms with Gasteiger partial charge >= 0.3 is 0 Å². The molecule has 19 heavy (non-hydrogen) atoms. The summed E-state index contributed by atoms with van der Waals surface area (Å²) in [7, 11) is 0. The number of thiocarbonyl (C=S) groups is 1. The maximum absolute atomic E-state index is 9.19. The van der Waals surface area contributed by atoms with Crippen molar-refractivity contribution < 1.29 is 5.11 Å². The Morgan fingerprint density at radius 1 is 1.00 bits per heavy atom. The van der Waals surface area contributed by atoms with Crippen molar-refractivity contribution >= 4 is 23.0 Å². The molecule has 0 aliphatic heterocycles. The van der Waals surface area contributed by atoms with E-state index in [-0.39, 0.29) is 5.75 Å². The number of nitrogens with one attached hydrogen (secondary N) is 2. The highest BCUT2D eigenvalue weighted by molar-refractivity contribution is 7.80. The first-order valence-electron chi connectivity index (χ1n) is 6.12. The van der Waals surface area contributed by atoms with Crippen LogP contribution in [0.3, 0.4) is 0 Å². The van der Waals surface area contributed by atoms with E-state index >= 15 is 0 Å². The van der Waals surface area contributed by atoms with Gasteiger partial charge in [-0.1, -0.05) is 30.3 Å². The number of para-hydroxylation sites is 1. The minimum Gasteiger partial charge on any atom is -0.508 e. The molecule has 0 spiro atoms. The number of phenolic OH excluding ortho intramolecular Hbond substituents is 1. The molecule has 2 aromatic carbocycles. The lowest BCUT2D eigenvalue weighted by Crippen LogP contribution is -2.30. The topological polar surface area (TPSA) is 44.3 Å². The Hall–Kier alpha value is -2.07.